The minimum atomic E-state index is -0.371. The van der Waals surface area contributed by atoms with Gasteiger partial charge in [-0.1, -0.05) is 18.2 Å². The molecule has 7 heteroatoms. The Labute approximate surface area is 212 Å². The fourth-order valence-electron chi connectivity index (χ4n) is 3.68. The predicted octanol–water partition coefficient (Wildman–Crippen LogP) is 4.82. The van der Waals surface area contributed by atoms with Crippen LogP contribution < -0.4 is 37.9 Å². The third-order valence-electron chi connectivity index (χ3n) is 5.56. The molecule has 180 valence electrons. The van der Waals surface area contributed by atoms with E-state index in [9.17, 15) is 9.59 Å². The van der Waals surface area contributed by atoms with Crippen LogP contribution in [0, 0.1) is 0 Å². The van der Waals surface area contributed by atoms with Crippen molar-refractivity contribution < 1.29 is 0 Å². The summed E-state index contributed by atoms with van der Waals surface area (Å²) in [4.78, 5) is 34.2. The molecule has 0 amide bonds. The van der Waals surface area contributed by atoms with E-state index in [2.05, 4.69) is 20.6 Å². The molecule has 0 radical (unpaired) electrons. The molecule has 0 heterocycles. The summed E-state index contributed by atoms with van der Waals surface area (Å²) in [5.41, 5.74) is 10.3. The maximum Gasteiger partial charge on any atom is 0.206 e. The Bertz CT molecular complexity index is 1740. The molecule has 0 saturated carbocycles. The molecule has 4 N–H and O–H groups in total. The van der Waals surface area contributed by atoms with Crippen molar-refractivity contribution in [2.45, 2.75) is 0 Å². The number of rotatable bonds is 6. The highest BCUT2D eigenvalue weighted by molar-refractivity contribution is 5.63. The van der Waals surface area contributed by atoms with E-state index in [1.807, 2.05) is 78.9 Å². The van der Waals surface area contributed by atoms with E-state index in [4.69, 9.17) is 5.73 Å². The van der Waals surface area contributed by atoms with Crippen molar-refractivity contribution in [2.75, 3.05) is 16.4 Å². The average Bonchev–Trinajstić information content (AvgIpc) is 2.92. The summed E-state index contributed by atoms with van der Waals surface area (Å²) in [5, 5.41) is 6.60. The van der Waals surface area contributed by atoms with Gasteiger partial charge in [-0.3, -0.25) is 9.59 Å². The van der Waals surface area contributed by atoms with E-state index >= 15 is 0 Å². The molecule has 0 aromatic heterocycles. The van der Waals surface area contributed by atoms with Crippen molar-refractivity contribution in [1.82, 2.24) is 0 Å². The number of benzene rings is 5. The van der Waals surface area contributed by atoms with Crippen LogP contribution in [0.5, 0.6) is 0 Å². The first-order chi connectivity index (χ1) is 18.0. The SMILES string of the molecule is Nc1ccc(Nc2ccc(N=c3c(=O)ccc(=O)c3=Nc3ccc(Nc4ccccc4)cc3)cc2)cc1. The number of anilines is 5. The first kappa shape index (κ1) is 23.4. The van der Waals surface area contributed by atoms with Crippen LogP contribution in [0.2, 0.25) is 0 Å². The number of nitrogens with one attached hydrogen (secondary N) is 2. The highest BCUT2D eigenvalue weighted by Gasteiger charge is 2.03. The van der Waals surface area contributed by atoms with Crippen LogP contribution in [0.25, 0.3) is 0 Å². The molecule has 5 aromatic rings. The lowest BCUT2D eigenvalue weighted by atomic mass is 10.2. The minimum absolute atomic E-state index is 0.0123. The van der Waals surface area contributed by atoms with Gasteiger partial charge in [-0.05, 0) is 97.1 Å². The van der Waals surface area contributed by atoms with Gasteiger partial charge in [-0.25, -0.2) is 9.98 Å². The largest absolute Gasteiger partial charge is 0.399 e. The number of nitrogens with zero attached hydrogens (tertiary/aromatic N) is 2. The fourth-order valence-corrected chi connectivity index (χ4v) is 3.68. The second-order valence-electron chi connectivity index (χ2n) is 8.31. The van der Waals surface area contributed by atoms with E-state index in [0.717, 1.165) is 22.7 Å². The Morgan fingerprint density at radius 1 is 0.459 bits per heavy atom. The van der Waals surface area contributed by atoms with Gasteiger partial charge in [0, 0.05) is 28.4 Å². The smallest absolute Gasteiger partial charge is 0.206 e. The average molecular weight is 486 g/mol. The second kappa shape index (κ2) is 10.5. The van der Waals surface area contributed by atoms with Crippen molar-refractivity contribution in [2.24, 2.45) is 9.98 Å². The lowest BCUT2D eigenvalue weighted by molar-refractivity contribution is 1.16. The van der Waals surface area contributed by atoms with Crippen LogP contribution in [-0.4, -0.2) is 0 Å². The number of hydrogen-bond acceptors (Lipinski definition) is 7. The zero-order valence-corrected chi connectivity index (χ0v) is 19.8. The molecule has 0 aliphatic heterocycles. The minimum Gasteiger partial charge on any atom is -0.399 e. The Morgan fingerprint density at radius 2 is 0.838 bits per heavy atom. The zero-order chi connectivity index (χ0) is 25.6. The van der Waals surface area contributed by atoms with Gasteiger partial charge < -0.3 is 16.4 Å². The topological polar surface area (TPSA) is 109 Å². The van der Waals surface area contributed by atoms with Crippen LogP contribution in [0.3, 0.4) is 0 Å². The molecule has 0 saturated heterocycles. The third-order valence-corrected chi connectivity index (χ3v) is 5.56. The summed E-state index contributed by atoms with van der Waals surface area (Å²) in [5.74, 6) is 0. The lowest BCUT2D eigenvalue weighted by Gasteiger charge is -2.06. The van der Waals surface area contributed by atoms with Gasteiger partial charge >= 0.3 is 0 Å². The molecule has 0 aliphatic rings. The van der Waals surface area contributed by atoms with E-state index < -0.39 is 0 Å². The van der Waals surface area contributed by atoms with Gasteiger partial charge in [0.05, 0.1) is 11.4 Å². The van der Waals surface area contributed by atoms with E-state index in [1.54, 1.807) is 24.3 Å². The zero-order valence-electron chi connectivity index (χ0n) is 19.8. The van der Waals surface area contributed by atoms with Crippen molar-refractivity contribution in [3.63, 3.8) is 0 Å². The maximum atomic E-state index is 12.7. The Kier molecular flexibility index (Phi) is 6.67. The van der Waals surface area contributed by atoms with Gasteiger partial charge in [-0.2, -0.15) is 0 Å². The fraction of sp³-hybridized carbons (Fsp3) is 0. The third kappa shape index (κ3) is 5.86. The van der Waals surface area contributed by atoms with Crippen LogP contribution in [0.4, 0.5) is 39.8 Å². The summed E-state index contributed by atoms with van der Waals surface area (Å²) in [6, 6.07) is 34.2. The molecule has 0 unspecified atom stereocenters. The molecular weight excluding hydrogens is 462 g/mol. The van der Waals surface area contributed by atoms with E-state index in [-0.39, 0.29) is 21.6 Å². The van der Waals surface area contributed by atoms with Crippen LogP contribution in [0.1, 0.15) is 0 Å². The molecule has 5 rings (SSSR count). The van der Waals surface area contributed by atoms with Crippen molar-refractivity contribution in [1.29, 1.82) is 0 Å². The highest BCUT2D eigenvalue weighted by Crippen LogP contribution is 2.21. The monoisotopic (exact) mass is 485 g/mol. The Hall–Kier alpha value is -5.30. The lowest BCUT2D eigenvalue weighted by Crippen LogP contribution is -2.47. The number of para-hydroxylation sites is 1. The second-order valence-corrected chi connectivity index (χ2v) is 8.31. The molecule has 5 aromatic carbocycles. The molecule has 0 bridgehead atoms. The highest BCUT2D eigenvalue weighted by atomic mass is 16.1. The van der Waals surface area contributed by atoms with Crippen molar-refractivity contribution in [3.8, 4) is 0 Å². The molecule has 37 heavy (non-hydrogen) atoms. The Morgan fingerprint density at radius 3 is 1.27 bits per heavy atom. The van der Waals surface area contributed by atoms with E-state index in [1.165, 1.54) is 12.1 Å². The summed E-state index contributed by atoms with van der Waals surface area (Å²) >= 11 is 0. The number of hydrogen-bond donors (Lipinski definition) is 3. The van der Waals surface area contributed by atoms with Crippen LogP contribution in [-0.2, 0) is 0 Å². The summed E-state index contributed by atoms with van der Waals surface area (Å²) < 4.78 is 0. The summed E-state index contributed by atoms with van der Waals surface area (Å²) in [6.07, 6.45) is 0. The quantitative estimate of drug-likeness (QED) is 0.299. The van der Waals surface area contributed by atoms with Gasteiger partial charge in [-0.15, -0.1) is 0 Å². The first-order valence-corrected chi connectivity index (χ1v) is 11.6. The van der Waals surface area contributed by atoms with Crippen molar-refractivity contribution in [3.05, 3.63) is 146 Å². The van der Waals surface area contributed by atoms with Crippen LogP contribution in [0.15, 0.2) is 135 Å². The molecular formula is C30H23N5O2. The summed E-state index contributed by atoms with van der Waals surface area (Å²) in [7, 11) is 0. The molecule has 7 nitrogen and oxygen atoms in total. The normalized spacial score (nSPS) is 11.9. The van der Waals surface area contributed by atoms with Gasteiger partial charge in [0.1, 0.15) is 10.7 Å². The van der Waals surface area contributed by atoms with Crippen molar-refractivity contribution >= 4 is 39.8 Å². The van der Waals surface area contributed by atoms with E-state index in [0.29, 0.717) is 17.1 Å². The Balaban J connectivity index is 1.44. The molecule has 0 spiro atoms. The van der Waals surface area contributed by atoms with Gasteiger partial charge in [0.25, 0.3) is 0 Å². The predicted molar refractivity (Wildman–Crippen MR) is 149 cm³/mol. The number of nitrogens with two attached hydrogens (primary N) is 1. The van der Waals surface area contributed by atoms with Crippen LogP contribution >= 0.6 is 0 Å². The maximum absolute atomic E-state index is 12.7. The number of nitrogen functional groups attached to an aromatic ring is 1. The molecule has 0 aliphatic carbocycles. The molecule has 0 fully saturated rings. The van der Waals surface area contributed by atoms with Gasteiger partial charge in [0.15, 0.2) is 0 Å². The first-order valence-electron chi connectivity index (χ1n) is 11.6. The standard InChI is InChI=1S/C30H23N5O2/c31-20-6-8-22(9-7-20)33-24-12-16-26(17-13-24)35-30-28(37)19-18-27(36)29(30)34-25-14-10-23(11-15-25)32-21-4-2-1-3-5-21/h1-19,32-33H,31H2. The summed E-state index contributed by atoms with van der Waals surface area (Å²) in [6.45, 7) is 0. The van der Waals surface area contributed by atoms with Gasteiger partial charge in [0.2, 0.25) is 10.9 Å². The molecule has 0 atom stereocenters.